The van der Waals surface area contributed by atoms with Crippen molar-refractivity contribution in [2.75, 3.05) is 35.2 Å². The molecule has 0 fully saturated rings. The Morgan fingerprint density at radius 1 is 0.528 bits per heavy atom. The van der Waals surface area contributed by atoms with Gasteiger partial charge in [-0.2, -0.15) is 0 Å². The van der Waals surface area contributed by atoms with Crippen LogP contribution in [0.25, 0.3) is 0 Å². The van der Waals surface area contributed by atoms with E-state index in [9.17, 15) is 16.8 Å². The van der Waals surface area contributed by atoms with Crippen LogP contribution in [-0.4, -0.2) is 42.6 Å². The third kappa shape index (κ3) is 11.5. The minimum atomic E-state index is -3.39. The number of nitrogens with one attached hydrogen (secondary N) is 2. The Balaban J connectivity index is 1.48. The number of anilines is 2. The van der Waals surface area contributed by atoms with Gasteiger partial charge in [0.25, 0.3) is 0 Å². The molecule has 0 aromatic heterocycles. The summed E-state index contributed by atoms with van der Waals surface area (Å²) in [6.07, 6.45) is 9.42. The van der Waals surface area contributed by atoms with Crippen molar-refractivity contribution in [1.82, 2.24) is 0 Å². The SMILES string of the molecule is COc1ccccc1NS(=O)(=O)CCCCCCCCCCCCS(=O)(=O)Nc1ccccc1OC. The van der Waals surface area contributed by atoms with Crippen LogP contribution in [0.1, 0.15) is 64.2 Å². The summed E-state index contributed by atoms with van der Waals surface area (Å²) in [6.45, 7) is 0. The first-order valence-corrected chi connectivity index (χ1v) is 15.8. The molecule has 0 aliphatic rings. The number of benzene rings is 2. The number of sulfonamides is 2. The number of methoxy groups -OCH3 is 2. The van der Waals surface area contributed by atoms with E-state index in [1.54, 1.807) is 48.5 Å². The molecule has 0 radical (unpaired) electrons. The maximum absolute atomic E-state index is 12.3. The van der Waals surface area contributed by atoms with Gasteiger partial charge in [0.1, 0.15) is 11.5 Å². The van der Waals surface area contributed by atoms with Crippen LogP contribution in [-0.2, 0) is 20.0 Å². The second-order valence-electron chi connectivity index (χ2n) is 8.78. The van der Waals surface area contributed by atoms with Crippen LogP contribution in [0.3, 0.4) is 0 Å². The second kappa shape index (κ2) is 15.6. The van der Waals surface area contributed by atoms with E-state index in [4.69, 9.17) is 9.47 Å². The van der Waals surface area contributed by atoms with Gasteiger partial charge in [-0.15, -0.1) is 0 Å². The smallest absolute Gasteiger partial charge is 0.232 e. The van der Waals surface area contributed by atoms with E-state index in [0.29, 0.717) is 35.7 Å². The largest absolute Gasteiger partial charge is 0.495 e. The van der Waals surface area contributed by atoms with Crippen molar-refractivity contribution in [1.29, 1.82) is 0 Å². The van der Waals surface area contributed by atoms with Crippen LogP contribution in [0.5, 0.6) is 11.5 Å². The molecule has 8 nitrogen and oxygen atoms in total. The van der Waals surface area contributed by atoms with Crippen LogP contribution in [0.2, 0.25) is 0 Å². The minimum absolute atomic E-state index is 0.0971. The predicted molar refractivity (Wildman–Crippen MR) is 147 cm³/mol. The van der Waals surface area contributed by atoms with Crippen LogP contribution in [0.15, 0.2) is 48.5 Å². The van der Waals surface area contributed by atoms with E-state index in [0.717, 1.165) is 51.4 Å². The molecule has 2 aromatic rings. The van der Waals surface area contributed by atoms with Crippen molar-refractivity contribution in [3.05, 3.63) is 48.5 Å². The van der Waals surface area contributed by atoms with Crippen LogP contribution < -0.4 is 18.9 Å². The summed E-state index contributed by atoms with van der Waals surface area (Å²) < 4.78 is 64.8. The Kier molecular flexibility index (Phi) is 12.9. The molecule has 0 amide bonds. The average molecular weight is 541 g/mol. The van der Waals surface area contributed by atoms with E-state index < -0.39 is 20.0 Å². The second-order valence-corrected chi connectivity index (χ2v) is 12.5. The molecule has 0 aliphatic carbocycles. The fourth-order valence-electron chi connectivity index (χ4n) is 3.89. The summed E-state index contributed by atoms with van der Waals surface area (Å²) in [5.74, 6) is 1.21. The molecule has 0 aliphatic heterocycles. The third-order valence-electron chi connectivity index (χ3n) is 5.82. The zero-order valence-electron chi connectivity index (χ0n) is 21.4. The number of rotatable bonds is 19. The van der Waals surface area contributed by atoms with E-state index in [1.165, 1.54) is 14.2 Å². The molecule has 0 saturated carbocycles. The van der Waals surface area contributed by atoms with Crippen LogP contribution in [0, 0.1) is 0 Å². The lowest BCUT2D eigenvalue weighted by Crippen LogP contribution is -2.17. The summed E-state index contributed by atoms with van der Waals surface area (Å²) in [7, 11) is -3.76. The van der Waals surface area contributed by atoms with E-state index in [-0.39, 0.29) is 11.5 Å². The molecule has 0 saturated heterocycles. The van der Waals surface area contributed by atoms with Crippen LogP contribution >= 0.6 is 0 Å². The fourth-order valence-corrected chi connectivity index (χ4v) is 6.27. The molecule has 0 heterocycles. The molecular formula is C26H40N2O6S2. The highest BCUT2D eigenvalue weighted by Gasteiger charge is 2.14. The minimum Gasteiger partial charge on any atom is -0.495 e. The lowest BCUT2D eigenvalue weighted by Gasteiger charge is -2.11. The molecule has 2 N–H and O–H groups in total. The fraction of sp³-hybridized carbons (Fsp3) is 0.538. The Morgan fingerprint density at radius 3 is 1.17 bits per heavy atom. The van der Waals surface area contributed by atoms with Crippen molar-refractivity contribution in [2.24, 2.45) is 0 Å². The van der Waals surface area contributed by atoms with Crippen molar-refractivity contribution in [3.63, 3.8) is 0 Å². The Bertz CT molecular complexity index is 1030. The van der Waals surface area contributed by atoms with Gasteiger partial charge in [-0.1, -0.05) is 75.6 Å². The van der Waals surface area contributed by atoms with Gasteiger partial charge in [-0.25, -0.2) is 16.8 Å². The quantitative estimate of drug-likeness (QED) is 0.218. The lowest BCUT2D eigenvalue weighted by molar-refractivity contribution is 0.417. The van der Waals surface area contributed by atoms with Crippen molar-refractivity contribution < 1.29 is 26.3 Å². The molecule has 0 atom stereocenters. The van der Waals surface area contributed by atoms with Gasteiger partial charge >= 0.3 is 0 Å². The topological polar surface area (TPSA) is 111 Å². The highest BCUT2D eigenvalue weighted by molar-refractivity contribution is 7.92. The monoisotopic (exact) mass is 540 g/mol. The van der Waals surface area contributed by atoms with Gasteiger partial charge in [0.15, 0.2) is 0 Å². The normalized spacial score (nSPS) is 11.7. The first-order chi connectivity index (χ1) is 17.3. The Labute approximate surface area is 216 Å². The molecule has 36 heavy (non-hydrogen) atoms. The van der Waals surface area contributed by atoms with E-state index in [1.807, 2.05) is 0 Å². The summed E-state index contributed by atoms with van der Waals surface area (Å²) >= 11 is 0. The third-order valence-corrected chi connectivity index (χ3v) is 8.54. The molecule has 0 unspecified atom stereocenters. The predicted octanol–water partition coefficient (Wildman–Crippen LogP) is 5.79. The molecular weight excluding hydrogens is 500 g/mol. The zero-order chi connectivity index (χ0) is 26.3. The Morgan fingerprint density at radius 2 is 0.833 bits per heavy atom. The Hall–Kier alpha value is -2.46. The standard InChI is InChI=1S/C26H40N2O6S2/c1-33-25-19-13-11-17-23(25)27-35(29,30)21-15-9-7-5-3-4-6-8-10-16-22-36(31,32)28-24-18-12-14-20-26(24)34-2/h11-14,17-20,27-28H,3-10,15-16,21-22H2,1-2H3. The van der Waals surface area contributed by atoms with Crippen molar-refractivity contribution in [2.45, 2.75) is 64.2 Å². The number of hydrogen-bond acceptors (Lipinski definition) is 6. The van der Waals surface area contributed by atoms with Crippen LogP contribution in [0.4, 0.5) is 11.4 Å². The first-order valence-electron chi connectivity index (χ1n) is 12.5. The highest BCUT2D eigenvalue weighted by atomic mass is 32.2. The summed E-state index contributed by atoms with van der Waals surface area (Å²) in [6, 6.07) is 13.9. The number of para-hydroxylation sites is 4. The molecule has 10 heteroatoms. The molecule has 2 rings (SSSR count). The van der Waals surface area contributed by atoms with Gasteiger partial charge < -0.3 is 9.47 Å². The van der Waals surface area contributed by atoms with Crippen molar-refractivity contribution in [3.8, 4) is 11.5 Å². The maximum Gasteiger partial charge on any atom is 0.232 e. The zero-order valence-corrected chi connectivity index (χ0v) is 23.0. The summed E-state index contributed by atoms with van der Waals surface area (Å²) in [5.41, 5.74) is 0.926. The highest BCUT2D eigenvalue weighted by Crippen LogP contribution is 2.25. The average Bonchev–Trinajstić information content (AvgIpc) is 2.84. The van der Waals surface area contributed by atoms with Gasteiger partial charge in [-0.3, -0.25) is 9.44 Å². The number of hydrogen-bond donors (Lipinski definition) is 2. The summed E-state index contributed by atoms with van der Waals surface area (Å²) in [4.78, 5) is 0. The van der Waals surface area contributed by atoms with Crippen molar-refractivity contribution >= 4 is 31.4 Å². The molecule has 2 aromatic carbocycles. The number of ether oxygens (including phenoxy) is 2. The molecule has 202 valence electrons. The maximum atomic E-state index is 12.3. The lowest BCUT2D eigenvalue weighted by atomic mass is 10.1. The molecule has 0 spiro atoms. The van der Waals surface area contributed by atoms with Gasteiger partial charge in [-0.05, 0) is 37.1 Å². The number of unbranched alkanes of at least 4 members (excludes halogenated alkanes) is 9. The van der Waals surface area contributed by atoms with E-state index in [2.05, 4.69) is 9.44 Å². The van der Waals surface area contributed by atoms with Gasteiger partial charge in [0.2, 0.25) is 20.0 Å². The van der Waals surface area contributed by atoms with Gasteiger partial charge in [0.05, 0.1) is 37.1 Å². The first kappa shape index (κ1) is 29.8. The van der Waals surface area contributed by atoms with E-state index >= 15 is 0 Å². The summed E-state index contributed by atoms with van der Waals surface area (Å²) in [5, 5.41) is 0. The molecule has 0 bridgehead atoms. The van der Waals surface area contributed by atoms with Gasteiger partial charge in [0, 0.05) is 0 Å².